The highest BCUT2D eigenvalue weighted by atomic mass is 16.5. The van der Waals surface area contributed by atoms with Crippen LogP contribution in [0.3, 0.4) is 0 Å². The Hall–Kier alpha value is -3.13. The van der Waals surface area contributed by atoms with Crippen molar-refractivity contribution in [2.45, 2.75) is 31.8 Å². The zero-order chi connectivity index (χ0) is 20.6. The van der Waals surface area contributed by atoms with E-state index in [1.165, 1.54) is 7.11 Å². The molecule has 27 heavy (non-hydrogen) atoms. The molecule has 146 valence electrons. The summed E-state index contributed by atoms with van der Waals surface area (Å²) in [4.78, 5) is 31.8. The van der Waals surface area contributed by atoms with Crippen LogP contribution in [0, 0.1) is 0 Å². The minimum atomic E-state index is -0.982. The van der Waals surface area contributed by atoms with Crippen molar-refractivity contribution in [1.82, 2.24) is 0 Å². The molecule has 0 fully saturated rings. The molecular formula is C19H25N3O5. The molecule has 6 N–H and O–H groups in total. The minimum Gasteiger partial charge on any atom is -0.480 e. The quantitative estimate of drug-likeness (QED) is 0.559. The standard InChI is InChI=1S/C14H15NO2.C5H10N2O3/c1-14(2,13(16)17)15-12-9-5-7-10-6-3-4-8-11(10)12;1-10-5(9)3(6)2-4(7)8/h3-9,15H,1-2H3,(H,16,17);3H,2,6H2,1H3,(H2,7,8)/t;3-/m.0/s1. The molecule has 0 aromatic heterocycles. The lowest BCUT2D eigenvalue weighted by Gasteiger charge is -2.23. The van der Waals surface area contributed by atoms with Crippen molar-refractivity contribution >= 4 is 34.3 Å². The predicted molar refractivity (Wildman–Crippen MR) is 103 cm³/mol. The molecule has 2 rings (SSSR count). The number of aliphatic carboxylic acids is 1. The summed E-state index contributed by atoms with van der Waals surface area (Å²) in [5, 5.41) is 14.3. The Balaban J connectivity index is 0.000000314. The van der Waals surface area contributed by atoms with Gasteiger partial charge in [0.25, 0.3) is 0 Å². The maximum atomic E-state index is 11.1. The van der Waals surface area contributed by atoms with Gasteiger partial charge in [-0.15, -0.1) is 0 Å². The van der Waals surface area contributed by atoms with Gasteiger partial charge in [0.05, 0.1) is 13.5 Å². The van der Waals surface area contributed by atoms with E-state index < -0.39 is 29.4 Å². The number of fused-ring (bicyclic) bond motifs is 1. The van der Waals surface area contributed by atoms with Gasteiger partial charge in [-0.1, -0.05) is 36.4 Å². The number of hydrogen-bond acceptors (Lipinski definition) is 6. The number of amides is 1. The molecule has 0 aliphatic rings. The van der Waals surface area contributed by atoms with Crippen LogP contribution in [0.2, 0.25) is 0 Å². The number of methoxy groups -OCH3 is 1. The first-order valence-electron chi connectivity index (χ1n) is 8.19. The maximum Gasteiger partial charge on any atom is 0.328 e. The smallest absolute Gasteiger partial charge is 0.328 e. The molecular weight excluding hydrogens is 350 g/mol. The molecule has 2 aromatic rings. The van der Waals surface area contributed by atoms with Gasteiger partial charge < -0.3 is 26.6 Å². The topological polar surface area (TPSA) is 145 Å². The number of ether oxygens (including phenoxy) is 1. The molecule has 0 aliphatic carbocycles. The van der Waals surface area contributed by atoms with Gasteiger partial charge in [0, 0.05) is 11.1 Å². The number of nitrogens with one attached hydrogen (secondary N) is 1. The van der Waals surface area contributed by atoms with Gasteiger partial charge in [-0.05, 0) is 25.3 Å². The van der Waals surface area contributed by atoms with Gasteiger partial charge in [0.2, 0.25) is 5.91 Å². The molecule has 1 atom stereocenters. The van der Waals surface area contributed by atoms with Gasteiger partial charge in [0.1, 0.15) is 11.6 Å². The average molecular weight is 375 g/mol. The molecule has 0 spiro atoms. The summed E-state index contributed by atoms with van der Waals surface area (Å²) in [6.07, 6.45) is -0.174. The number of carbonyl (C=O) groups excluding carboxylic acids is 2. The molecule has 0 aliphatic heterocycles. The van der Waals surface area contributed by atoms with Gasteiger partial charge in [-0.3, -0.25) is 9.59 Å². The molecule has 0 bridgehead atoms. The monoisotopic (exact) mass is 375 g/mol. The number of carboxylic acids is 1. The fourth-order valence-electron chi connectivity index (χ4n) is 2.18. The molecule has 8 nitrogen and oxygen atoms in total. The second kappa shape index (κ2) is 9.54. The fraction of sp³-hybridized carbons (Fsp3) is 0.316. The van der Waals surface area contributed by atoms with Crippen LogP contribution in [0.1, 0.15) is 20.3 Å². The van der Waals surface area contributed by atoms with Crippen LogP contribution in [-0.2, 0) is 19.1 Å². The summed E-state index contributed by atoms with van der Waals surface area (Å²) in [6, 6.07) is 12.8. The first kappa shape index (κ1) is 21.9. The summed E-state index contributed by atoms with van der Waals surface area (Å²) >= 11 is 0. The highest BCUT2D eigenvalue weighted by Gasteiger charge is 2.27. The first-order chi connectivity index (χ1) is 12.6. The number of primary amides is 1. The van der Waals surface area contributed by atoms with E-state index in [-0.39, 0.29) is 6.42 Å². The normalized spacial score (nSPS) is 11.7. The van der Waals surface area contributed by atoms with Crippen molar-refractivity contribution in [3.63, 3.8) is 0 Å². The van der Waals surface area contributed by atoms with Crippen molar-refractivity contribution < 1.29 is 24.2 Å². The van der Waals surface area contributed by atoms with Gasteiger partial charge in [-0.2, -0.15) is 0 Å². The third-order valence-corrected chi connectivity index (χ3v) is 3.70. The summed E-state index contributed by atoms with van der Waals surface area (Å²) < 4.78 is 4.24. The van der Waals surface area contributed by atoms with Crippen molar-refractivity contribution in [2.24, 2.45) is 11.5 Å². The van der Waals surface area contributed by atoms with E-state index >= 15 is 0 Å². The van der Waals surface area contributed by atoms with Crippen LogP contribution in [0.25, 0.3) is 10.8 Å². The highest BCUT2D eigenvalue weighted by Crippen LogP contribution is 2.25. The number of benzene rings is 2. The Bertz CT molecular complexity index is 815. The van der Waals surface area contributed by atoms with E-state index in [0.717, 1.165) is 16.5 Å². The van der Waals surface area contributed by atoms with E-state index in [2.05, 4.69) is 10.1 Å². The second-order valence-corrected chi connectivity index (χ2v) is 6.38. The molecule has 0 saturated carbocycles. The number of nitrogens with two attached hydrogens (primary N) is 2. The Morgan fingerprint density at radius 3 is 2.30 bits per heavy atom. The van der Waals surface area contributed by atoms with Crippen molar-refractivity contribution in [3.05, 3.63) is 42.5 Å². The van der Waals surface area contributed by atoms with E-state index in [9.17, 15) is 14.4 Å². The summed E-state index contributed by atoms with van der Waals surface area (Å²) in [5.41, 5.74) is 9.77. The molecule has 2 aromatic carbocycles. The first-order valence-corrected chi connectivity index (χ1v) is 8.19. The Labute approximate surface area is 157 Å². The Kier molecular flexibility index (Phi) is 7.74. The van der Waals surface area contributed by atoms with E-state index in [1.807, 2.05) is 42.5 Å². The summed E-state index contributed by atoms with van der Waals surface area (Å²) in [5.74, 6) is -2.11. The average Bonchev–Trinajstić information content (AvgIpc) is 2.61. The number of carbonyl (C=O) groups is 3. The molecule has 0 heterocycles. The van der Waals surface area contributed by atoms with Crippen molar-refractivity contribution in [1.29, 1.82) is 0 Å². The maximum absolute atomic E-state index is 11.1. The van der Waals surface area contributed by atoms with Gasteiger partial charge in [-0.25, -0.2) is 4.79 Å². The van der Waals surface area contributed by atoms with E-state index in [0.29, 0.717) is 0 Å². The molecule has 0 saturated heterocycles. The number of anilines is 1. The number of esters is 1. The number of hydrogen-bond donors (Lipinski definition) is 4. The molecule has 0 radical (unpaired) electrons. The Morgan fingerprint density at radius 2 is 1.74 bits per heavy atom. The zero-order valence-electron chi connectivity index (χ0n) is 15.6. The summed E-state index contributed by atoms with van der Waals surface area (Å²) in [7, 11) is 1.20. The van der Waals surface area contributed by atoms with Crippen LogP contribution in [0.4, 0.5) is 5.69 Å². The molecule has 8 heteroatoms. The Morgan fingerprint density at radius 1 is 1.15 bits per heavy atom. The van der Waals surface area contributed by atoms with E-state index in [1.54, 1.807) is 13.8 Å². The van der Waals surface area contributed by atoms with Crippen LogP contribution in [0.15, 0.2) is 42.5 Å². The predicted octanol–water partition coefficient (Wildman–Crippen LogP) is 1.48. The lowest BCUT2D eigenvalue weighted by Crippen LogP contribution is -2.39. The zero-order valence-corrected chi connectivity index (χ0v) is 15.6. The van der Waals surface area contributed by atoms with Crippen molar-refractivity contribution in [2.75, 3.05) is 12.4 Å². The molecule has 0 unspecified atom stereocenters. The van der Waals surface area contributed by atoms with Crippen LogP contribution in [0.5, 0.6) is 0 Å². The fourth-order valence-corrected chi connectivity index (χ4v) is 2.18. The highest BCUT2D eigenvalue weighted by molar-refractivity contribution is 5.95. The number of carboxylic acid groups (broad SMARTS) is 1. The van der Waals surface area contributed by atoms with Crippen LogP contribution < -0.4 is 16.8 Å². The van der Waals surface area contributed by atoms with Crippen LogP contribution in [-0.4, -0.2) is 41.6 Å². The SMILES string of the molecule is CC(C)(Nc1cccc2ccccc12)C(=O)O.COC(=O)[C@@H](N)CC(N)=O. The second-order valence-electron chi connectivity index (χ2n) is 6.38. The minimum absolute atomic E-state index is 0.174. The summed E-state index contributed by atoms with van der Waals surface area (Å²) in [6.45, 7) is 3.30. The van der Waals surface area contributed by atoms with Gasteiger partial charge >= 0.3 is 11.9 Å². The van der Waals surface area contributed by atoms with Gasteiger partial charge in [0.15, 0.2) is 0 Å². The molecule has 1 amide bonds. The number of rotatable bonds is 6. The lowest BCUT2D eigenvalue weighted by molar-refractivity contribution is -0.143. The third-order valence-electron chi connectivity index (χ3n) is 3.70. The van der Waals surface area contributed by atoms with Crippen molar-refractivity contribution in [3.8, 4) is 0 Å². The largest absolute Gasteiger partial charge is 0.480 e. The van der Waals surface area contributed by atoms with Crippen LogP contribution >= 0.6 is 0 Å². The third kappa shape index (κ3) is 6.59. The van der Waals surface area contributed by atoms with E-state index in [4.69, 9.17) is 16.6 Å². The lowest BCUT2D eigenvalue weighted by atomic mass is 10.0.